The second kappa shape index (κ2) is 5.72. The van der Waals surface area contributed by atoms with Gasteiger partial charge in [-0.2, -0.15) is 0 Å². The van der Waals surface area contributed by atoms with Gasteiger partial charge in [-0.1, -0.05) is 11.6 Å². The lowest BCUT2D eigenvalue weighted by molar-refractivity contribution is 0.0698. The summed E-state index contributed by atoms with van der Waals surface area (Å²) in [7, 11) is 0. The lowest BCUT2D eigenvalue weighted by atomic mass is 10.1. The van der Waals surface area contributed by atoms with Gasteiger partial charge in [0.1, 0.15) is 0 Å². The number of aliphatic hydroxyl groups excluding tert-OH is 1. The van der Waals surface area contributed by atoms with Crippen LogP contribution in [0.4, 0.5) is 5.69 Å². The summed E-state index contributed by atoms with van der Waals surface area (Å²) in [5, 5.41) is 21.2. The van der Waals surface area contributed by atoms with Crippen molar-refractivity contribution in [3.63, 3.8) is 0 Å². The Morgan fingerprint density at radius 1 is 1.56 bits per heavy atom. The minimum Gasteiger partial charge on any atom is -0.478 e. The third-order valence-corrected chi connectivity index (χ3v) is 2.41. The molecule has 0 saturated carbocycles. The van der Waals surface area contributed by atoms with E-state index in [9.17, 15) is 4.79 Å². The fourth-order valence-corrected chi connectivity index (χ4v) is 1.53. The maximum absolute atomic E-state index is 10.9. The van der Waals surface area contributed by atoms with Crippen molar-refractivity contribution < 1.29 is 15.0 Å². The fraction of sp³-hybridized carbons (Fsp3) is 0.364. The maximum atomic E-state index is 10.9. The van der Waals surface area contributed by atoms with Crippen LogP contribution in [0.5, 0.6) is 0 Å². The topological polar surface area (TPSA) is 69.6 Å². The Kier molecular flexibility index (Phi) is 4.58. The molecule has 0 bridgehead atoms. The molecule has 0 aromatic heterocycles. The second-order valence-electron chi connectivity index (χ2n) is 3.55. The summed E-state index contributed by atoms with van der Waals surface area (Å²) in [6.45, 7) is 1.92. The summed E-state index contributed by atoms with van der Waals surface area (Å²) in [5.74, 6) is -1.00. The molecular weight excluding hydrogens is 230 g/mol. The molecule has 16 heavy (non-hydrogen) atoms. The Bertz CT molecular complexity index is 381. The molecule has 3 N–H and O–H groups in total. The standard InChI is InChI=1S/C11H14ClNO3/c1-7(4-5-14)13-10-6-8(12)2-3-9(10)11(15)16/h2-3,6-7,13-14H,4-5H2,1H3,(H,15,16). The first-order chi connectivity index (χ1) is 7.54. The van der Waals surface area contributed by atoms with Gasteiger partial charge in [0.25, 0.3) is 0 Å². The van der Waals surface area contributed by atoms with Crippen molar-refractivity contribution in [3.8, 4) is 0 Å². The number of carboxylic acid groups (broad SMARTS) is 1. The number of anilines is 1. The van der Waals surface area contributed by atoms with Crippen LogP contribution in [-0.4, -0.2) is 28.8 Å². The first-order valence-corrected chi connectivity index (χ1v) is 5.32. The van der Waals surface area contributed by atoms with Gasteiger partial charge in [0.05, 0.1) is 11.3 Å². The molecular formula is C11H14ClNO3. The van der Waals surface area contributed by atoms with E-state index in [1.54, 1.807) is 6.07 Å². The van der Waals surface area contributed by atoms with E-state index in [1.807, 2.05) is 6.92 Å². The molecule has 0 fully saturated rings. The van der Waals surface area contributed by atoms with Gasteiger partial charge in [-0.25, -0.2) is 4.79 Å². The van der Waals surface area contributed by atoms with Crippen LogP contribution in [0, 0.1) is 0 Å². The largest absolute Gasteiger partial charge is 0.478 e. The molecule has 1 aromatic rings. The number of halogens is 1. The highest BCUT2D eigenvalue weighted by molar-refractivity contribution is 6.31. The molecule has 0 aliphatic heterocycles. The monoisotopic (exact) mass is 243 g/mol. The second-order valence-corrected chi connectivity index (χ2v) is 3.99. The summed E-state index contributed by atoms with van der Waals surface area (Å²) < 4.78 is 0. The van der Waals surface area contributed by atoms with Gasteiger partial charge in [0.15, 0.2) is 0 Å². The van der Waals surface area contributed by atoms with Gasteiger partial charge in [0.2, 0.25) is 0 Å². The minimum absolute atomic E-state index is 0.0124. The third-order valence-electron chi connectivity index (χ3n) is 2.18. The smallest absolute Gasteiger partial charge is 0.337 e. The summed E-state index contributed by atoms with van der Waals surface area (Å²) in [6.07, 6.45) is 0.547. The summed E-state index contributed by atoms with van der Waals surface area (Å²) in [5.41, 5.74) is 0.648. The Balaban J connectivity index is 2.92. The van der Waals surface area contributed by atoms with Crippen LogP contribution >= 0.6 is 11.6 Å². The zero-order valence-corrected chi connectivity index (χ0v) is 9.66. The zero-order valence-electron chi connectivity index (χ0n) is 8.90. The predicted molar refractivity (Wildman–Crippen MR) is 63.2 cm³/mol. The average molecular weight is 244 g/mol. The predicted octanol–water partition coefficient (Wildman–Crippen LogP) is 2.22. The lowest BCUT2D eigenvalue weighted by Crippen LogP contribution is -2.18. The van der Waals surface area contributed by atoms with Crippen molar-refractivity contribution in [2.75, 3.05) is 11.9 Å². The molecule has 1 aromatic carbocycles. The van der Waals surface area contributed by atoms with E-state index in [4.69, 9.17) is 21.8 Å². The van der Waals surface area contributed by atoms with Gasteiger partial charge in [-0.15, -0.1) is 0 Å². The molecule has 0 aliphatic carbocycles. The number of benzene rings is 1. The van der Waals surface area contributed by atoms with Crippen molar-refractivity contribution in [2.45, 2.75) is 19.4 Å². The number of aromatic carboxylic acids is 1. The molecule has 0 radical (unpaired) electrons. The number of hydrogen-bond donors (Lipinski definition) is 3. The number of carbonyl (C=O) groups is 1. The van der Waals surface area contributed by atoms with E-state index in [-0.39, 0.29) is 18.2 Å². The van der Waals surface area contributed by atoms with Crippen LogP contribution in [-0.2, 0) is 0 Å². The van der Waals surface area contributed by atoms with E-state index in [2.05, 4.69) is 5.32 Å². The van der Waals surface area contributed by atoms with Crippen LogP contribution in [0.2, 0.25) is 5.02 Å². The van der Waals surface area contributed by atoms with Gasteiger partial charge in [-0.05, 0) is 31.5 Å². The minimum atomic E-state index is -1.00. The summed E-state index contributed by atoms with van der Waals surface area (Å²) >= 11 is 5.80. The van der Waals surface area contributed by atoms with E-state index in [0.717, 1.165) is 0 Å². The number of nitrogens with one attached hydrogen (secondary N) is 1. The molecule has 1 atom stereocenters. The molecule has 4 nitrogen and oxygen atoms in total. The van der Waals surface area contributed by atoms with Gasteiger partial charge >= 0.3 is 5.97 Å². The number of hydrogen-bond acceptors (Lipinski definition) is 3. The normalized spacial score (nSPS) is 12.2. The van der Waals surface area contributed by atoms with E-state index < -0.39 is 5.97 Å². The summed E-state index contributed by atoms with van der Waals surface area (Å²) in [6, 6.07) is 4.55. The Morgan fingerprint density at radius 3 is 2.81 bits per heavy atom. The highest BCUT2D eigenvalue weighted by Gasteiger charge is 2.12. The fourth-order valence-electron chi connectivity index (χ4n) is 1.35. The molecule has 88 valence electrons. The van der Waals surface area contributed by atoms with Gasteiger partial charge in [-0.3, -0.25) is 0 Å². The first kappa shape index (κ1) is 12.8. The molecule has 1 unspecified atom stereocenters. The molecule has 5 heteroatoms. The quantitative estimate of drug-likeness (QED) is 0.742. The van der Waals surface area contributed by atoms with Crippen molar-refractivity contribution in [1.82, 2.24) is 0 Å². The van der Waals surface area contributed by atoms with Crippen LogP contribution < -0.4 is 5.32 Å². The first-order valence-electron chi connectivity index (χ1n) is 4.95. The molecule has 0 aliphatic rings. The molecule has 0 amide bonds. The number of carboxylic acids is 1. The number of rotatable bonds is 5. The molecule has 0 heterocycles. The maximum Gasteiger partial charge on any atom is 0.337 e. The third kappa shape index (κ3) is 3.40. The highest BCUT2D eigenvalue weighted by Crippen LogP contribution is 2.22. The van der Waals surface area contributed by atoms with Gasteiger partial charge < -0.3 is 15.5 Å². The summed E-state index contributed by atoms with van der Waals surface area (Å²) in [4.78, 5) is 10.9. The Morgan fingerprint density at radius 2 is 2.25 bits per heavy atom. The highest BCUT2D eigenvalue weighted by atomic mass is 35.5. The Hall–Kier alpha value is -1.26. The lowest BCUT2D eigenvalue weighted by Gasteiger charge is -2.16. The van der Waals surface area contributed by atoms with Crippen molar-refractivity contribution in [3.05, 3.63) is 28.8 Å². The van der Waals surface area contributed by atoms with Gasteiger partial charge in [0, 0.05) is 17.7 Å². The zero-order chi connectivity index (χ0) is 12.1. The average Bonchev–Trinajstić information content (AvgIpc) is 2.17. The molecule has 1 rings (SSSR count). The van der Waals surface area contributed by atoms with E-state index >= 15 is 0 Å². The van der Waals surface area contributed by atoms with E-state index in [1.165, 1.54) is 12.1 Å². The van der Waals surface area contributed by atoms with Crippen LogP contribution in [0.25, 0.3) is 0 Å². The van der Waals surface area contributed by atoms with Crippen LogP contribution in [0.15, 0.2) is 18.2 Å². The van der Waals surface area contributed by atoms with Crippen molar-refractivity contribution in [1.29, 1.82) is 0 Å². The molecule has 0 saturated heterocycles. The van der Waals surface area contributed by atoms with Crippen LogP contribution in [0.3, 0.4) is 0 Å². The van der Waals surface area contributed by atoms with E-state index in [0.29, 0.717) is 17.1 Å². The SMILES string of the molecule is CC(CCO)Nc1cc(Cl)ccc1C(=O)O. The molecule has 0 spiro atoms. The number of aliphatic hydroxyl groups is 1. The van der Waals surface area contributed by atoms with Crippen molar-refractivity contribution in [2.24, 2.45) is 0 Å². The van der Waals surface area contributed by atoms with Crippen LogP contribution in [0.1, 0.15) is 23.7 Å². The van der Waals surface area contributed by atoms with Crippen molar-refractivity contribution >= 4 is 23.3 Å². The Labute approximate surface area is 98.9 Å².